The maximum absolute atomic E-state index is 11.9. The van der Waals surface area contributed by atoms with E-state index in [2.05, 4.69) is 23.6 Å². The fraction of sp³-hybridized carbons (Fsp3) is 0.471. The van der Waals surface area contributed by atoms with Gasteiger partial charge in [0.2, 0.25) is 0 Å². The third kappa shape index (κ3) is 2.19. The number of benzene rings is 1. The van der Waals surface area contributed by atoms with Crippen LogP contribution in [0.4, 0.5) is 0 Å². The highest BCUT2D eigenvalue weighted by atomic mass is 16.5. The van der Waals surface area contributed by atoms with Crippen LogP contribution < -0.4 is 4.74 Å². The molecule has 1 heterocycles. The summed E-state index contributed by atoms with van der Waals surface area (Å²) in [5.74, 6) is 0.740. The van der Waals surface area contributed by atoms with E-state index < -0.39 is 0 Å². The molecule has 2 aromatic rings. The molecule has 4 nitrogen and oxygen atoms in total. The summed E-state index contributed by atoms with van der Waals surface area (Å²) in [5, 5.41) is 1.21. The zero-order valence-electron chi connectivity index (χ0n) is 12.8. The number of fused-ring (bicyclic) bond motifs is 3. The van der Waals surface area contributed by atoms with Crippen molar-refractivity contribution in [2.24, 2.45) is 5.92 Å². The van der Waals surface area contributed by atoms with Crippen molar-refractivity contribution in [2.45, 2.75) is 32.7 Å². The Labute approximate surface area is 124 Å². The summed E-state index contributed by atoms with van der Waals surface area (Å²) in [6, 6.07) is 6.20. The molecule has 3 rings (SSSR count). The number of aromatic nitrogens is 1. The third-order valence-electron chi connectivity index (χ3n) is 4.52. The number of ether oxygens (including phenoxy) is 2. The van der Waals surface area contributed by atoms with Crippen LogP contribution in [0.5, 0.6) is 5.75 Å². The van der Waals surface area contributed by atoms with Gasteiger partial charge in [-0.05, 0) is 49.9 Å². The lowest BCUT2D eigenvalue weighted by Crippen LogP contribution is -2.24. The number of hydrogen-bond donors (Lipinski definition) is 0. The molecule has 0 saturated heterocycles. The largest absolute Gasteiger partial charge is 0.497 e. The monoisotopic (exact) mass is 287 g/mol. The summed E-state index contributed by atoms with van der Waals surface area (Å²) in [5.41, 5.74) is 3.88. The van der Waals surface area contributed by atoms with Gasteiger partial charge in [0.05, 0.1) is 20.1 Å². The number of carbonyl (C=O) groups excluding carboxylic acids is 1. The molecule has 0 aliphatic heterocycles. The topological polar surface area (TPSA) is 40.5 Å². The average molecular weight is 287 g/mol. The van der Waals surface area contributed by atoms with Gasteiger partial charge in [0, 0.05) is 23.1 Å². The van der Waals surface area contributed by atoms with Crippen molar-refractivity contribution in [1.29, 1.82) is 0 Å². The van der Waals surface area contributed by atoms with Crippen LogP contribution in [-0.4, -0.2) is 24.8 Å². The predicted octanol–water partition coefficient (Wildman–Crippen LogP) is 2.95. The first-order valence-electron chi connectivity index (χ1n) is 7.45. The van der Waals surface area contributed by atoms with Crippen molar-refractivity contribution < 1.29 is 14.3 Å². The van der Waals surface area contributed by atoms with E-state index in [9.17, 15) is 4.79 Å². The molecule has 0 radical (unpaired) electrons. The molecule has 1 aliphatic rings. The van der Waals surface area contributed by atoms with E-state index in [1.165, 1.54) is 29.3 Å². The van der Waals surface area contributed by atoms with Gasteiger partial charge < -0.3 is 14.0 Å². The Kier molecular flexibility index (Phi) is 3.62. The quantitative estimate of drug-likeness (QED) is 0.815. The van der Waals surface area contributed by atoms with Gasteiger partial charge in [-0.2, -0.15) is 0 Å². The van der Waals surface area contributed by atoms with Gasteiger partial charge in [0.25, 0.3) is 0 Å². The molecule has 0 amide bonds. The molecule has 1 aromatic heterocycles. The van der Waals surface area contributed by atoms with Gasteiger partial charge in [0.15, 0.2) is 0 Å². The van der Waals surface area contributed by atoms with E-state index in [0.717, 1.165) is 31.6 Å². The molecule has 0 saturated carbocycles. The standard InChI is InChI=1S/C17H21NO3/c1-4-18-15-7-5-11(17(19)21-3)9-13(15)14-10-12(20-2)6-8-16(14)18/h6,8,10-11H,4-5,7,9H2,1-3H3. The zero-order valence-corrected chi connectivity index (χ0v) is 12.8. The number of methoxy groups -OCH3 is 2. The van der Waals surface area contributed by atoms with E-state index in [0.29, 0.717) is 0 Å². The summed E-state index contributed by atoms with van der Waals surface area (Å²) in [7, 11) is 3.15. The second-order valence-corrected chi connectivity index (χ2v) is 5.52. The minimum Gasteiger partial charge on any atom is -0.497 e. The minimum absolute atomic E-state index is 0.0235. The van der Waals surface area contributed by atoms with E-state index >= 15 is 0 Å². The SMILES string of the molecule is CCn1c2c(c3cc(OC)ccc31)CC(C(=O)OC)CC2. The molecule has 21 heavy (non-hydrogen) atoms. The van der Waals surface area contributed by atoms with Crippen molar-refractivity contribution in [1.82, 2.24) is 4.57 Å². The van der Waals surface area contributed by atoms with Crippen LogP contribution in [-0.2, 0) is 28.9 Å². The Morgan fingerprint density at radius 3 is 2.86 bits per heavy atom. The van der Waals surface area contributed by atoms with Gasteiger partial charge in [-0.3, -0.25) is 4.79 Å². The van der Waals surface area contributed by atoms with E-state index in [-0.39, 0.29) is 11.9 Å². The lowest BCUT2D eigenvalue weighted by Gasteiger charge is -2.21. The molecule has 0 bridgehead atoms. The Morgan fingerprint density at radius 1 is 1.38 bits per heavy atom. The molecule has 112 valence electrons. The number of carbonyl (C=O) groups is 1. The number of rotatable bonds is 3. The van der Waals surface area contributed by atoms with E-state index in [1.807, 2.05) is 6.07 Å². The molecular weight excluding hydrogens is 266 g/mol. The number of aryl methyl sites for hydroxylation is 1. The normalized spacial score (nSPS) is 17.6. The highest BCUT2D eigenvalue weighted by Gasteiger charge is 2.29. The summed E-state index contributed by atoms with van der Waals surface area (Å²) in [6.07, 6.45) is 2.56. The first kappa shape index (κ1) is 14.0. The molecular formula is C17H21NO3. The maximum atomic E-state index is 11.9. The molecule has 0 fully saturated rings. The Bertz CT molecular complexity index is 687. The van der Waals surface area contributed by atoms with Crippen molar-refractivity contribution in [3.63, 3.8) is 0 Å². The summed E-state index contributed by atoms with van der Waals surface area (Å²) in [6.45, 7) is 3.11. The van der Waals surface area contributed by atoms with Gasteiger partial charge in [0.1, 0.15) is 5.75 Å². The molecule has 4 heteroatoms. The van der Waals surface area contributed by atoms with Crippen LogP contribution in [0.2, 0.25) is 0 Å². The van der Waals surface area contributed by atoms with E-state index in [1.54, 1.807) is 7.11 Å². The summed E-state index contributed by atoms with van der Waals surface area (Å²) in [4.78, 5) is 11.9. The van der Waals surface area contributed by atoms with Gasteiger partial charge in [-0.15, -0.1) is 0 Å². The van der Waals surface area contributed by atoms with Crippen LogP contribution in [0.1, 0.15) is 24.6 Å². The van der Waals surface area contributed by atoms with E-state index in [4.69, 9.17) is 9.47 Å². The second-order valence-electron chi connectivity index (χ2n) is 5.52. The molecule has 0 N–H and O–H groups in total. The maximum Gasteiger partial charge on any atom is 0.309 e. The van der Waals surface area contributed by atoms with Crippen molar-refractivity contribution in [2.75, 3.05) is 14.2 Å². The van der Waals surface area contributed by atoms with Crippen LogP contribution in [0.15, 0.2) is 18.2 Å². The van der Waals surface area contributed by atoms with Gasteiger partial charge in [-0.1, -0.05) is 0 Å². The van der Waals surface area contributed by atoms with Crippen LogP contribution in [0, 0.1) is 5.92 Å². The number of hydrogen-bond acceptors (Lipinski definition) is 3. The van der Waals surface area contributed by atoms with Crippen LogP contribution in [0.3, 0.4) is 0 Å². The van der Waals surface area contributed by atoms with Crippen LogP contribution >= 0.6 is 0 Å². The minimum atomic E-state index is -0.0963. The number of nitrogens with zero attached hydrogens (tertiary/aromatic N) is 1. The highest BCUT2D eigenvalue weighted by molar-refractivity contribution is 5.88. The summed E-state index contributed by atoms with van der Waals surface area (Å²) >= 11 is 0. The second kappa shape index (κ2) is 5.43. The zero-order chi connectivity index (χ0) is 15.0. The van der Waals surface area contributed by atoms with Gasteiger partial charge >= 0.3 is 5.97 Å². The van der Waals surface area contributed by atoms with Crippen molar-refractivity contribution in [3.05, 3.63) is 29.5 Å². The first-order chi connectivity index (χ1) is 10.2. The Morgan fingerprint density at radius 2 is 2.19 bits per heavy atom. The highest BCUT2D eigenvalue weighted by Crippen LogP contribution is 2.36. The smallest absolute Gasteiger partial charge is 0.309 e. The molecule has 0 spiro atoms. The lowest BCUT2D eigenvalue weighted by molar-refractivity contribution is -0.145. The van der Waals surface area contributed by atoms with Gasteiger partial charge in [-0.25, -0.2) is 0 Å². The molecule has 1 aliphatic carbocycles. The summed E-state index contributed by atoms with van der Waals surface area (Å²) < 4.78 is 12.6. The van der Waals surface area contributed by atoms with Crippen molar-refractivity contribution >= 4 is 16.9 Å². The van der Waals surface area contributed by atoms with Crippen molar-refractivity contribution in [3.8, 4) is 5.75 Å². The number of esters is 1. The first-order valence-corrected chi connectivity index (χ1v) is 7.45. The van der Waals surface area contributed by atoms with Crippen LogP contribution in [0.25, 0.3) is 10.9 Å². The molecule has 1 atom stereocenters. The fourth-order valence-corrected chi connectivity index (χ4v) is 3.49. The Hall–Kier alpha value is -1.97. The molecule has 1 unspecified atom stereocenters. The lowest BCUT2D eigenvalue weighted by atomic mass is 9.86. The Balaban J connectivity index is 2.14. The molecule has 1 aromatic carbocycles. The third-order valence-corrected chi connectivity index (χ3v) is 4.52. The fourth-order valence-electron chi connectivity index (χ4n) is 3.49. The predicted molar refractivity (Wildman–Crippen MR) is 81.7 cm³/mol. The average Bonchev–Trinajstić information content (AvgIpc) is 2.86.